The monoisotopic (exact) mass is 603 g/mol. The van der Waals surface area contributed by atoms with Gasteiger partial charge in [0.15, 0.2) is 0 Å². The number of nitrogens with two attached hydrogens (primary N) is 1. The Morgan fingerprint density at radius 3 is 2.09 bits per heavy atom. The maximum absolute atomic E-state index is 13.4. The summed E-state index contributed by atoms with van der Waals surface area (Å²) in [6.45, 7) is -0.224. The topological polar surface area (TPSA) is 176 Å². The summed E-state index contributed by atoms with van der Waals surface area (Å²) >= 11 is 0. The Kier molecular flexibility index (Phi) is 8.33. The summed E-state index contributed by atoms with van der Waals surface area (Å²) in [6, 6.07) is 23.2. The van der Waals surface area contributed by atoms with Gasteiger partial charge >= 0.3 is 12.1 Å². The Balaban J connectivity index is 1.36. The van der Waals surface area contributed by atoms with Crippen LogP contribution < -0.4 is 11.1 Å². The highest BCUT2D eigenvalue weighted by Gasteiger charge is 2.34. The number of fused-ring (bicyclic) bond motifs is 4. The van der Waals surface area contributed by atoms with Crippen LogP contribution in [0.1, 0.15) is 23.5 Å². The number of benzene rings is 4. The molecule has 4 aromatic rings. The van der Waals surface area contributed by atoms with E-state index in [9.17, 15) is 32.5 Å². The number of amides is 2. The van der Waals surface area contributed by atoms with Crippen LogP contribution in [0.3, 0.4) is 0 Å². The molecule has 12 heteroatoms. The van der Waals surface area contributed by atoms with Crippen molar-refractivity contribution >= 4 is 44.5 Å². The summed E-state index contributed by atoms with van der Waals surface area (Å²) in [4.78, 5) is 38.0. The first-order valence-corrected chi connectivity index (χ1v) is 14.9. The molecule has 5 N–H and O–H groups in total. The van der Waals surface area contributed by atoms with E-state index in [1.807, 2.05) is 48.5 Å². The van der Waals surface area contributed by atoms with Gasteiger partial charge in [-0.15, -0.1) is 0 Å². The molecule has 4 aromatic carbocycles. The number of primary amides is 1. The minimum atomic E-state index is -4.48. The molecule has 0 spiro atoms. The Bertz CT molecular complexity index is 1780. The van der Waals surface area contributed by atoms with E-state index in [4.69, 9.17) is 10.5 Å². The first-order chi connectivity index (χ1) is 20.6. The fourth-order valence-electron chi connectivity index (χ4n) is 5.54. The summed E-state index contributed by atoms with van der Waals surface area (Å²) in [6.07, 6.45) is -1.55. The number of nitrogens with one attached hydrogen (secondary N) is 1. The van der Waals surface area contributed by atoms with E-state index in [1.165, 1.54) is 12.1 Å². The highest BCUT2D eigenvalue weighted by atomic mass is 32.2. The maximum Gasteiger partial charge on any atom is 0.410 e. The van der Waals surface area contributed by atoms with Gasteiger partial charge < -0.3 is 20.9 Å². The second-order valence-corrected chi connectivity index (χ2v) is 11.5. The van der Waals surface area contributed by atoms with Crippen molar-refractivity contribution in [1.82, 2.24) is 4.90 Å². The van der Waals surface area contributed by atoms with Gasteiger partial charge in [-0.25, -0.2) is 9.59 Å². The fraction of sp³-hybridized carbons (Fsp3) is 0.194. The number of hydrogen-bond donors (Lipinski definition) is 4. The SMILES string of the molecule is NC(=O)CC(C(=O)O)N(CCNc1cccc2c(S(=O)(=O)O)cccc12)C(=O)OCC1c2ccccc2-c2ccccc21. The van der Waals surface area contributed by atoms with Crippen molar-refractivity contribution in [3.63, 3.8) is 0 Å². The summed E-state index contributed by atoms with van der Waals surface area (Å²) in [7, 11) is -4.48. The Morgan fingerprint density at radius 2 is 1.49 bits per heavy atom. The molecule has 0 heterocycles. The lowest BCUT2D eigenvalue weighted by Crippen LogP contribution is -2.49. The highest BCUT2D eigenvalue weighted by molar-refractivity contribution is 7.86. The molecule has 43 heavy (non-hydrogen) atoms. The van der Waals surface area contributed by atoms with Gasteiger partial charge in [0.1, 0.15) is 17.5 Å². The molecule has 0 radical (unpaired) electrons. The summed E-state index contributed by atoms with van der Waals surface area (Å²) in [5, 5.41) is 13.7. The predicted molar refractivity (Wildman–Crippen MR) is 159 cm³/mol. The molecule has 222 valence electrons. The standard InChI is InChI=1S/C31H29N3O8S/c32-29(35)17-27(30(36)37)34(16-15-33-26-13-5-12-24-23(26)11-6-14-28(24)43(39,40)41)31(38)42-18-25-21-9-3-1-7-19(21)20-8-2-4-10-22(20)25/h1-14,25,27,33H,15-18H2,(H2,32,35)(H,36,37)(H,39,40,41). The van der Waals surface area contributed by atoms with Crippen molar-refractivity contribution in [2.75, 3.05) is 25.0 Å². The first kappa shape index (κ1) is 29.5. The number of carbonyl (C=O) groups is 3. The van der Waals surface area contributed by atoms with Crippen molar-refractivity contribution in [3.8, 4) is 11.1 Å². The van der Waals surface area contributed by atoms with Crippen LogP contribution in [0.25, 0.3) is 21.9 Å². The minimum absolute atomic E-state index is 0.0158. The third-order valence-electron chi connectivity index (χ3n) is 7.45. The molecule has 0 fully saturated rings. The smallest absolute Gasteiger partial charge is 0.410 e. The normalized spacial score (nSPS) is 13.1. The Morgan fingerprint density at radius 1 is 0.884 bits per heavy atom. The van der Waals surface area contributed by atoms with Crippen LogP contribution in [0.5, 0.6) is 0 Å². The van der Waals surface area contributed by atoms with E-state index in [0.29, 0.717) is 11.1 Å². The fourth-order valence-corrected chi connectivity index (χ4v) is 6.25. The van der Waals surface area contributed by atoms with Crippen LogP contribution >= 0.6 is 0 Å². The molecule has 0 saturated heterocycles. The molecule has 11 nitrogen and oxygen atoms in total. The molecule has 5 rings (SSSR count). The average molecular weight is 604 g/mol. The number of carboxylic acid groups (broad SMARTS) is 1. The van der Waals surface area contributed by atoms with Gasteiger partial charge in [-0.1, -0.05) is 72.8 Å². The Labute approximate surface area is 247 Å². The largest absolute Gasteiger partial charge is 0.480 e. The molecule has 0 saturated carbocycles. The van der Waals surface area contributed by atoms with E-state index in [-0.39, 0.29) is 35.9 Å². The molecular formula is C31H29N3O8S. The van der Waals surface area contributed by atoms with Crippen LogP contribution in [0.2, 0.25) is 0 Å². The number of anilines is 1. The molecule has 1 unspecified atom stereocenters. The predicted octanol–water partition coefficient (Wildman–Crippen LogP) is 4.08. The van der Waals surface area contributed by atoms with E-state index in [0.717, 1.165) is 27.2 Å². The third kappa shape index (κ3) is 6.15. The lowest BCUT2D eigenvalue weighted by molar-refractivity contribution is -0.144. The Hall–Kier alpha value is -4.94. The zero-order chi connectivity index (χ0) is 30.7. The number of ether oxygens (including phenoxy) is 1. The van der Waals surface area contributed by atoms with Crippen LogP contribution in [0.4, 0.5) is 10.5 Å². The number of carbonyl (C=O) groups excluding carboxylic acids is 2. The second kappa shape index (κ2) is 12.1. The third-order valence-corrected chi connectivity index (χ3v) is 8.37. The van der Waals surface area contributed by atoms with Crippen LogP contribution in [-0.2, 0) is 24.4 Å². The molecule has 2 amide bonds. The van der Waals surface area contributed by atoms with Crippen molar-refractivity contribution in [2.45, 2.75) is 23.3 Å². The summed E-state index contributed by atoms with van der Waals surface area (Å²) in [5.74, 6) is -2.58. The number of rotatable bonds is 11. The number of carboxylic acids is 1. The first-order valence-electron chi connectivity index (χ1n) is 13.4. The van der Waals surface area contributed by atoms with Crippen LogP contribution in [0.15, 0.2) is 89.8 Å². The quantitative estimate of drug-likeness (QED) is 0.184. The van der Waals surface area contributed by atoms with Gasteiger partial charge in [-0.2, -0.15) is 8.42 Å². The lowest BCUT2D eigenvalue weighted by Gasteiger charge is -2.28. The maximum atomic E-state index is 13.4. The molecule has 1 aliphatic rings. The van der Waals surface area contributed by atoms with Gasteiger partial charge in [0.2, 0.25) is 5.91 Å². The molecular weight excluding hydrogens is 574 g/mol. The van der Waals surface area contributed by atoms with Gasteiger partial charge in [-0.05, 0) is 34.4 Å². The minimum Gasteiger partial charge on any atom is -0.480 e. The lowest BCUT2D eigenvalue weighted by atomic mass is 9.98. The van der Waals surface area contributed by atoms with Gasteiger partial charge in [0.25, 0.3) is 10.1 Å². The number of nitrogens with zero attached hydrogens (tertiary/aromatic N) is 1. The van der Waals surface area contributed by atoms with Gasteiger partial charge in [-0.3, -0.25) is 14.2 Å². The molecule has 0 aromatic heterocycles. The van der Waals surface area contributed by atoms with Gasteiger partial charge in [0, 0.05) is 35.5 Å². The van der Waals surface area contributed by atoms with Crippen molar-refractivity contribution in [3.05, 3.63) is 96.1 Å². The summed E-state index contributed by atoms with van der Waals surface area (Å²) < 4.78 is 39.0. The average Bonchev–Trinajstić information content (AvgIpc) is 3.29. The molecule has 0 aliphatic heterocycles. The van der Waals surface area contributed by atoms with E-state index < -0.39 is 40.6 Å². The van der Waals surface area contributed by atoms with E-state index >= 15 is 0 Å². The number of aliphatic carboxylic acids is 1. The van der Waals surface area contributed by atoms with E-state index in [1.54, 1.807) is 24.3 Å². The van der Waals surface area contributed by atoms with E-state index in [2.05, 4.69) is 5.32 Å². The van der Waals surface area contributed by atoms with Gasteiger partial charge in [0.05, 0.1) is 6.42 Å². The zero-order valence-electron chi connectivity index (χ0n) is 22.8. The van der Waals surface area contributed by atoms with Crippen molar-refractivity contribution in [1.29, 1.82) is 0 Å². The number of hydrogen-bond acceptors (Lipinski definition) is 7. The molecule has 1 aliphatic carbocycles. The van der Waals surface area contributed by atoms with Crippen LogP contribution in [-0.4, -0.2) is 66.7 Å². The highest BCUT2D eigenvalue weighted by Crippen LogP contribution is 2.44. The molecule has 0 bridgehead atoms. The molecule has 1 atom stereocenters. The van der Waals surface area contributed by atoms with Crippen LogP contribution in [0, 0.1) is 0 Å². The second-order valence-electron chi connectivity index (χ2n) is 10.1. The van der Waals surface area contributed by atoms with Crippen molar-refractivity contribution < 1.29 is 37.2 Å². The summed E-state index contributed by atoms with van der Waals surface area (Å²) in [5.41, 5.74) is 9.83. The van der Waals surface area contributed by atoms with Crippen molar-refractivity contribution in [2.24, 2.45) is 5.73 Å². The zero-order valence-corrected chi connectivity index (χ0v) is 23.7.